The van der Waals surface area contributed by atoms with Gasteiger partial charge in [0.05, 0.1) is 32.0 Å². The summed E-state index contributed by atoms with van der Waals surface area (Å²) in [5, 5.41) is 7.05. The zero-order valence-electron chi connectivity index (χ0n) is 20.3. The summed E-state index contributed by atoms with van der Waals surface area (Å²) in [4.78, 5) is 14.2. The van der Waals surface area contributed by atoms with Crippen LogP contribution in [0.1, 0.15) is 46.1 Å². The minimum atomic E-state index is 0.242. The van der Waals surface area contributed by atoms with Crippen molar-refractivity contribution in [2.24, 2.45) is 4.99 Å². The van der Waals surface area contributed by atoms with Crippen molar-refractivity contribution in [1.82, 2.24) is 20.5 Å². The highest BCUT2D eigenvalue weighted by Crippen LogP contribution is 2.17. The average molecular weight is 447 g/mol. The van der Waals surface area contributed by atoms with Gasteiger partial charge in [0.15, 0.2) is 5.96 Å². The Kier molecular flexibility index (Phi) is 10.0. The van der Waals surface area contributed by atoms with Crippen LogP contribution in [0.3, 0.4) is 0 Å². The van der Waals surface area contributed by atoms with E-state index in [9.17, 15) is 0 Å². The third-order valence-corrected chi connectivity index (χ3v) is 5.93. The highest BCUT2D eigenvalue weighted by atomic mass is 16.5. The topological polar surface area (TPSA) is 74.2 Å². The van der Waals surface area contributed by atoms with Crippen LogP contribution in [0.25, 0.3) is 0 Å². The number of ether oxygens (including phenoxy) is 2. The number of aromatic nitrogens is 1. The van der Waals surface area contributed by atoms with Crippen molar-refractivity contribution in [3.63, 3.8) is 0 Å². The van der Waals surface area contributed by atoms with Crippen molar-refractivity contribution in [3.8, 4) is 0 Å². The SMILES string of the molecule is CCNC(=NCc1ccnc(N2CCOC(C)C2)c1)NC1CCN(CCOC(C)C)CC1. The molecule has 2 N–H and O–H groups in total. The van der Waals surface area contributed by atoms with E-state index in [2.05, 4.69) is 65.2 Å². The first-order valence-electron chi connectivity index (χ1n) is 12.2. The number of piperidine rings is 1. The zero-order valence-corrected chi connectivity index (χ0v) is 20.3. The molecule has 8 heteroatoms. The van der Waals surface area contributed by atoms with Crippen molar-refractivity contribution in [2.45, 2.75) is 65.3 Å². The second-order valence-electron chi connectivity index (χ2n) is 9.02. The van der Waals surface area contributed by atoms with Crippen LogP contribution in [0.4, 0.5) is 5.82 Å². The second-order valence-corrected chi connectivity index (χ2v) is 9.02. The molecule has 32 heavy (non-hydrogen) atoms. The highest BCUT2D eigenvalue weighted by molar-refractivity contribution is 5.80. The molecule has 0 spiro atoms. The lowest BCUT2D eigenvalue weighted by Gasteiger charge is -2.33. The van der Waals surface area contributed by atoms with Crippen molar-refractivity contribution in [2.75, 3.05) is 57.4 Å². The number of pyridine rings is 1. The number of guanidine groups is 1. The van der Waals surface area contributed by atoms with Gasteiger partial charge < -0.3 is 29.9 Å². The van der Waals surface area contributed by atoms with Crippen LogP contribution in [0.2, 0.25) is 0 Å². The van der Waals surface area contributed by atoms with Crippen LogP contribution in [-0.4, -0.2) is 86.6 Å². The molecular formula is C24H42N6O2. The van der Waals surface area contributed by atoms with Gasteiger partial charge in [-0.2, -0.15) is 0 Å². The lowest BCUT2D eigenvalue weighted by atomic mass is 10.1. The van der Waals surface area contributed by atoms with Crippen molar-refractivity contribution in [1.29, 1.82) is 0 Å². The molecule has 3 heterocycles. The number of nitrogens with zero attached hydrogens (tertiary/aromatic N) is 4. The Bertz CT molecular complexity index is 705. The average Bonchev–Trinajstić information content (AvgIpc) is 2.79. The molecule has 180 valence electrons. The maximum Gasteiger partial charge on any atom is 0.191 e. The molecule has 1 aromatic rings. The lowest BCUT2D eigenvalue weighted by molar-refractivity contribution is 0.0528. The molecule has 1 unspecified atom stereocenters. The maximum atomic E-state index is 5.69. The molecular weight excluding hydrogens is 404 g/mol. The monoisotopic (exact) mass is 446 g/mol. The summed E-state index contributed by atoms with van der Waals surface area (Å²) in [5.41, 5.74) is 1.17. The molecule has 0 bridgehead atoms. The number of morpholine rings is 1. The summed E-state index contributed by atoms with van der Waals surface area (Å²) in [6, 6.07) is 4.67. The molecule has 1 aromatic heterocycles. The first-order valence-corrected chi connectivity index (χ1v) is 12.2. The van der Waals surface area contributed by atoms with E-state index in [-0.39, 0.29) is 6.10 Å². The van der Waals surface area contributed by atoms with Gasteiger partial charge >= 0.3 is 0 Å². The Morgan fingerprint density at radius 3 is 2.84 bits per heavy atom. The van der Waals surface area contributed by atoms with Crippen LogP contribution in [-0.2, 0) is 16.0 Å². The van der Waals surface area contributed by atoms with E-state index in [0.717, 1.165) is 77.1 Å². The first kappa shape index (κ1) is 24.7. The molecule has 8 nitrogen and oxygen atoms in total. The summed E-state index contributed by atoms with van der Waals surface area (Å²) in [5.74, 6) is 1.91. The predicted molar refractivity (Wildman–Crippen MR) is 130 cm³/mol. The van der Waals surface area contributed by atoms with E-state index >= 15 is 0 Å². The Labute approximate surface area is 193 Å². The quantitative estimate of drug-likeness (QED) is 0.445. The number of hydrogen-bond donors (Lipinski definition) is 2. The summed E-state index contributed by atoms with van der Waals surface area (Å²) in [6.07, 6.45) is 4.69. The van der Waals surface area contributed by atoms with Gasteiger partial charge in [0.25, 0.3) is 0 Å². The number of aliphatic imine (C=N–C) groups is 1. The summed E-state index contributed by atoms with van der Waals surface area (Å²) >= 11 is 0. The molecule has 2 aliphatic rings. The van der Waals surface area contributed by atoms with Crippen molar-refractivity contribution in [3.05, 3.63) is 23.9 Å². The van der Waals surface area contributed by atoms with Gasteiger partial charge in [0.2, 0.25) is 0 Å². The fraction of sp³-hybridized carbons (Fsp3) is 0.750. The second kappa shape index (κ2) is 13.0. The fourth-order valence-corrected chi connectivity index (χ4v) is 4.16. The van der Waals surface area contributed by atoms with E-state index in [1.165, 1.54) is 5.56 Å². The zero-order chi connectivity index (χ0) is 22.8. The third kappa shape index (κ3) is 8.22. The number of anilines is 1. The molecule has 0 amide bonds. The third-order valence-electron chi connectivity index (χ3n) is 5.93. The van der Waals surface area contributed by atoms with Gasteiger partial charge in [0.1, 0.15) is 5.82 Å². The lowest BCUT2D eigenvalue weighted by Crippen LogP contribution is -2.49. The Balaban J connectivity index is 1.49. The normalized spacial score (nSPS) is 21.2. The van der Waals surface area contributed by atoms with Crippen LogP contribution in [0.15, 0.2) is 23.3 Å². The molecule has 0 aromatic carbocycles. The van der Waals surface area contributed by atoms with E-state index in [0.29, 0.717) is 18.7 Å². The highest BCUT2D eigenvalue weighted by Gasteiger charge is 2.20. The van der Waals surface area contributed by atoms with E-state index in [1.807, 2.05) is 6.20 Å². The van der Waals surface area contributed by atoms with Crippen molar-refractivity contribution >= 4 is 11.8 Å². The minimum absolute atomic E-state index is 0.242. The fourth-order valence-electron chi connectivity index (χ4n) is 4.16. The van der Waals surface area contributed by atoms with Crippen LogP contribution >= 0.6 is 0 Å². The Morgan fingerprint density at radius 1 is 1.31 bits per heavy atom. The number of nitrogens with one attached hydrogen (secondary N) is 2. The van der Waals surface area contributed by atoms with Gasteiger partial charge in [-0.25, -0.2) is 9.98 Å². The summed E-state index contributed by atoms with van der Waals surface area (Å²) in [7, 11) is 0. The van der Waals surface area contributed by atoms with Crippen LogP contribution in [0, 0.1) is 0 Å². The summed E-state index contributed by atoms with van der Waals surface area (Å²) in [6.45, 7) is 16.4. The minimum Gasteiger partial charge on any atom is -0.377 e. The molecule has 2 fully saturated rings. The molecule has 3 rings (SSSR count). The van der Waals surface area contributed by atoms with Crippen molar-refractivity contribution < 1.29 is 9.47 Å². The van der Waals surface area contributed by atoms with Gasteiger partial charge in [0, 0.05) is 51.5 Å². The molecule has 1 atom stereocenters. The smallest absolute Gasteiger partial charge is 0.191 e. The summed E-state index contributed by atoms with van der Waals surface area (Å²) < 4.78 is 11.4. The van der Waals surface area contributed by atoms with E-state index in [1.54, 1.807) is 0 Å². The van der Waals surface area contributed by atoms with Crippen LogP contribution < -0.4 is 15.5 Å². The molecule has 0 saturated carbocycles. The molecule has 0 aliphatic carbocycles. The number of rotatable bonds is 9. The van der Waals surface area contributed by atoms with E-state index in [4.69, 9.17) is 14.5 Å². The van der Waals surface area contributed by atoms with Gasteiger partial charge in [-0.3, -0.25) is 0 Å². The number of hydrogen-bond acceptors (Lipinski definition) is 6. The molecule has 2 saturated heterocycles. The van der Waals surface area contributed by atoms with E-state index < -0.39 is 0 Å². The number of likely N-dealkylation sites (tertiary alicyclic amines) is 1. The first-order chi connectivity index (χ1) is 15.5. The Hall–Kier alpha value is -1.90. The predicted octanol–water partition coefficient (Wildman–Crippen LogP) is 2.25. The largest absolute Gasteiger partial charge is 0.377 e. The van der Waals surface area contributed by atoms with Gasteiger partial charge in [-0.15, -0.1) is 0 Å². The molecule has 2 aliphatic heterocycles. The molecule has 0 radical (unpaired) electrons. The standard InChI is InChI=1S/C24H42N6O2/c1-5-25-24(28-22-7-10-29(11-8-22)12-14-31-19(2)3)27-17-21-6-9-26-23(16-21)30-13-15-32-20(4)18-30/h6,9,16,19-20,22H,5,7-8,10-15,17-18H2,1-4H3,(H2,25,27,28). The Morgan fingerprint density at radius 2 is 2.12 bits per heavy atom. The van der Waals surface area contributed by atoms with Gasteiger partial charge in [-0.1, -0.05) is 0 Å². The maximum absolute atomic E-state index is 5.69. The van der Waals surface area contributed by atoms with Gasteiger partial charge in [-0.05, 0) is 58.2 Å². The van der Waals surface area contributed by atoms with Crippen LogP contribution in [0.5, 0.6) is 0 Å².